The van der Waals surface area contributed by atoms with Gasteiger partial charge in [0, 0.05) is 12.2 Å². The molecule has 0 aromatic carbocycles. The van der Waals surface area contributed by atoms with Crippen molar-refractivity contribution in [3.63, 3.8) is 0 Å². The largest absolute Gasteiger partial charge is 0.475 e. The number of aromatic nitrogens is 1. The van der Waals surface area contributed by atoms with Crippen molar-refractivity contribution in [3.8, 4) is 5.88 Å². The first-order chi connectivity index (χ1) is 13.8. The highest BCUT2D eigenvalue weighted by Crippen LogP contribution is 2.43. The molecule has 3 aliphatic rings. The fourth-order valence-corrected chi connectivity index (χ4v) is 5.95. The van der Waals surface area contributed by atoms with E-state index in [0.717, 1.165) is 37.9 Å². The highest BCUT2D eigenvalue weighted by molar-refractivity contribution is 7.93. The fourth-order valence-electron chi connectivity index (χ4n) is 4.00. The molecule has 2 aliphatic heterocycles. The van der Waals surface area contributed by atoms with Crippen LogP contribution < -0.4 is 15.8 Å². The third-order valence-corrected chi connectivity index (χ3v) is 7.44. The molecule has 3 N–H and O–H groups in total. The Bertz CT molecular complexity index is 910. The first-order valence-corrected chi connectivity index (χ1v) is 11.6. The highest BCUT2D eigenvalue weighted by atomic mass is 32.2. The minimum Gasteiger partial charge on any atom is -0.475 e. The van der Waals surface area contributed by atoms with Crippen LogP contribution in [0.15, 0.2) is 12.1 Å². The van der Waals surface area contributed by atoms with Crippen LogP contribution in [0.3, 0.4) is 0 Å². The number of amides is 2. The molecule has 0 bridgehead atoms. The topological polar surface area (TPSA) is 138 Å². The number of nitrogens with two attached hydrogens (primary N) is 1. The molecule has 9 nitrogen and oxygen atoms in total. The summed E-state index contributed by atoms with van der Waals surface area (Å²) >= 11 is 0. The average Bonchev–Trinajstić information content (AvgIpc) is 3.32. The average molecular weight is 423 g/mol. The molecule has 3 fully saturated rings. The number of hydrogen-bond donors (Lipinski definition) is 2. The maximum atomic E-state index is 12.8. The summed E-state index contributed by atoms with van der Waals surface area (Å²) in [7, 11) is -3.28. The third-order valence-electron chi connectivity index (χ3n) is 5.45. The van der Waals surface area contributed by atoms with Crippen molar-refractivity contribution < 1.29 is 27.5 Å². The fraction of sp³-hybridized carbons (Fsp3) is 0.632. The molecule has 29 heavy (non-hydrogen) atoms. The van der Waals surface area contributed by atoms with Gasteiger partial charge in [0.2, 0.25) is 11.8 Å². The first-order valence-electron chi connectivity index (χ1n) is 9.82. The molecule has 2 amide bonds. The van der Waals surface area contributed by atoms with Crippen LogP contribution in [0.5, 0.6) is 5.88 Å². The maximum absolute atomic E-state index is 12.8. The van der Waals surface area contributed by atoms with Gasteiger partial charge in [0.15, 0.2) is 9.84 Å². The molecule has 4 rings (SSSR count). The molecule has 2 saturated heterocycles. The number of rotatable bonds is 8. The number of nitrogens with zero attached hydrogens (tertiary/aromatic N) is 1. The zero-order valence-electron chi connectivity index (χ0n) is 16.1. The number of sulfone groups is 1. The van der Waals surface area contributed by atoms with Crippen molar-refractivity contribution in [3.05, 3.63) is 23.4 Å². The van der Waals surface area contributed by atoms with Gasteiger partial charge in [-0.15, -0.1) is 0 Å². The molecule has 0 spiro atoms. The Balaban J connectivity index is 1.50. The lowest BCUT2D eigenvalue weighted by Gasteiger charge is -2.40. The van der Waals surface area contributed by atoms with Crippen LogP contribution in [0, 0.1) is 0 Å². The van der Waals surface area contributed by atoms with Crippen molar-refractivity contribution in [1.29, 1.82) is 0 Å². The molecular weight excluding hydrogens is 398 g/mol. The zero-order valence-corrected chi connectivity index (χ0v) is 16.9. The Kier molecular flexibility index (Phi) is 5.24. The van der Waals surface area contributed by atoms with E-state index in [4.69, 9.17) is 15.2 Å². The highest BCUT2D eigenvalue weighted by Gasteiger charge is 2.50. The van der Waals surface area contributed by atoms with Crippen molar-refractivity contribution >= 4 is 21.7 Å². The van der Waals surface area contributed by atoms with Crippen molar-refractivity contribution in [2.45, 2.75) is 49.7 Å². The van der Waals surface area contributed by atoms with Crippen LogP contribution in [0.4, 0.5) is 0 Å². The SMILES string of the molecule is NC(=O)CC1(NC(=O)c2ccc(C3CC3)c(OCC3CCCO3)n2)CS(=O)(=O)C1. The van der Waals surface area contributed by atoms with E-state index in [9.17, 15) is 18.0 Å². The number of nitrogens with one attached hydrogen (secondary N) is 1. The standard InChI is InChI=1S/C19H25N3O6S/c20-16(23)8-19(10-29(25,26)11-19)22-17(24)15-6-5-14(12-3-4-12)18(21-15)28-9-13-2-1-7-27-13/h5-6,12-13H,1-4,7-11H2,(H2,20,23)(H,22,24). The van der Waals surface area contributed by atoms with E-state index in [0.29, 0.717) is 18.4 Å². The Morgan fingerprint density at radius 3 is 2.62 bits per heavy atom. The molecule has 1 unspecified atom stereocenters. The van der Waals surface area contributed by atoms with Crippen molar-refractivity contribution in [2.24, 2.45) is 5.73 Å². The van der Waals surface area contributed by atoms with Crippen molar-refractivity contribution in [1.82, 2.24) is 10.3 Å². The van der Waals surface area contributed by atoms with Gasteiger partial charge < -0.3 is 20.5 Å². The minimum atomic E-state index is -3.28. The van der Waals surface area contributed by atoms with Gasteiger partial charge in [-0.3, -0.25) is 9.59 Å². The van der Waals surface area contributed by atoms with Gasteiger partial charge in [0.25, 0.3) is 5.91 Å². The van der Waals surface area contributed by atoms with E-state index in [1.54, 1.807) is 6.07 Å². The lowest BCUT2D eigenvalue weighted by Crippen LogP contribution is -2.66. The van der Waals surface area contributed by atoms with E-state index >= 15 is 0 Å². The van der Waals surface area contributed by atoms with Gasteiger partial charge in [-0.25, -0.2) is 13.4 Å². The molecule has 1 saturated carbocycles. The lowest BCUT2D eigenvalue weighted by atomic mass is 9.98. The molecule has 1 atom stereocenters. The summed E-state index contributed by atoms with van der Waals surface area (Å²) in [4.78, 5) is 28.5. The zero-order chi connectivity index (χ0) is 20.6. The number of carbonyl (C=O) groups is 2. The predicted octanol–water partition coefficient (Wildman–Crippen LogP) is 0.289. The smallest absolute Gasteiger partial charge is 0.270 e. The Morgan fingerprint density at radius 1 is 1.28 bits per heavy atom. The van der Waals surface area contributed by atoms with Crippen LogP contribution in [0.25, 0.3) is 0 Å². The summed E-state index contributed by atoms with van der Waals surface area (Å²) < 4.78 is 34.8. The summed E-state index contributed by atoms with van der Waals surface area (Å²) in [5.41, 5.74) is 5.16. The van der Waals surface area contributed by atoms with E-state index < -0.39 is 27.2 Å². The number of primary amides is 1. The summed E-state index contributed by atoms with van der Waals surface area (Å²) in [5.74, 6) is -1.03. The van der Waals surface area contributed by atoms with Gasteiger partial charge >= 0.3 is 0 Å². The summed E-state index contributed by atoms with van der Waals surface area (Å²) in [5, 5.41) is 2.66. The van der Waals surface area contributed by atoms with E-state index in [1.807, 2.05) is 6.07 Å². The minimum absolute atomic E-state index is 0.0281. The predicted molar refractivity (Wildman–Crippen MR) is 103 cm³/mol. The molecule has 0 radical (unpaired) electrons. The van der Waals surface area contributed by atoms with Crippen LogP contribution in [-0.4, -0.2) is 61.6 Å². The molecule has 1 aromatic heterocycles. The summed E-state index contributed by atoms with van der Waals surface area (Å²) in [6, 6.07) is 3.44. The van der Waals surface area contributed by atoms with E-state index in [-0.39, 0.29) is 29.7 Å². The van der Waals surface area contributed by atoms with Crippen LogP contribution in [0.1, 0.15) is 54.1 Å². The second-order valence-corrected chi connectivity index (χ2v) is 10.3. The first kappa shape index (κ1) is 20.1. The maximum Gasteiger partial charge on any atom is 0.270 e. The van der Waals surface area contributed by atoms with Crippen LogP contribution >= 0.6 is 0 Å². The molecule has 158 valence electrons. The molecule has 3 heterocycles. The quantitative estimate of drug-likeness (QED) is 0.613. The van der Waals surface area contributed by atoms with Gasteiger partial charge in [-0.1, -0.05) is 6.07 Å². The van der Waals surface area contributed by atoms with Gasteiger partial charge in [0.1, 0.15) is 12.3 Å². The second-order valence-electron chi connectivity index (χ2n) is 8.22. The summed E-state index contributed by atoms with van der Waals surface area (Å²) in [6.45, 7) is 1.10. The number of carbonyl (C=O) groups excluding carboxylic acids is 2. The van der Waals surface area contributed by atoms with E-state index in [1.165, 1.54) is 0 Å². The Hall–Kier alpha value is -2.20. The molecular formula is C19H25N3O6S. The Morgan fingerprint density at radius 2 is 2.03 bits per heavy atom. The third kappa shape index (κ3) is 4.69. The lowest BCUT2D eigenvalue weighted by molar-refractivity contribution is -0.119. The number of pyridine rings is 1. The van der Waals surface area contributed by atoms with E-state index in [2.05, 4.69) is 10.3 Å². The normalized spacial score (nSPS) is 24.5. The number of ether oxygens (including phenoxy) is 2. The van der Waals surface area contributed by atoms with Crippen LogP contribution in [0.2, 0.25) is 0 Å². The monoisotopic (exact) mass is 423 g/mol. The van der Waals surface area contributed by atoms with Gasteiger partial charge in [-0.05, 0) is 37.7 Å². The van der Waals surface area contributed by atoms with Gasteiger partial charge in [0.05, 0.1) is 29.6 Å². The van der Waals surface area contributed by atoms with Gasteiger partial charge in [-0.2, -0.15) is 0 Å². The molecule has 10 heteroatoms. The molecule has 1 aromatic rings. The second kappa shape index (κ2) is 7.56. The molecule has 1 aliphatic carbocycles. The van der Waals surface area contributed by atoms with Crippen LogP contribution in [-0.2, 0) is 19.4 Å². The van der Waals surface area contributed by atoms with Crippen molar-refractivity contribution in [2.75, 3.05) is 24.7 Å². The number of hydrogen-bond acceptors (Lipinski definition) is 7. The Labute approximate surface area is 169 Å². The summed E-state index contributed by atoms with van der Waals surface area (Å²) in [6.07, 6.45) is 3.85.